The van der Waals surface area contributed by atoms with Crippen molar-refractivity contribution in [1.29, 1.82) is 5.26 Å². The number of nitrogens with zero attached hydrogens (tertiary/aromatic N) is 3. The number of nitroso groups, excluding NO2 is 1. The van der Waals surface area contributed by atoms with Gasteiger partial charge in [0, 0.05) is 0 Å². The van der Waals surface area contributed by atoms with Crippen LogP contribution in [0.1, 0.15) is 19.4 Å². The zero-order valence-corrected chi connectivity index (χ0v) is 8.84. The summed E-state index contributed by atoms with van der Waals surface area (Å²) in [5, 5.41) is 12.7. The van der Waals surface area contributed by atoms with E-state index in [9.17, 15) is 4.91 Å². The van der Waals surface area contributed by atoms with Crippen LogP contribution in [-0.2, 0) is 5.54 Å². The highest BCUT2D eigenvalue weighted by Crippen LogP contribution is 2.27. The molecule has 0 aromatic heterocycles. The molecule has 0 saturated heterocycles. The fraction of sp³-hybridized carbons (Fsp3) is 0.364. The monoisotopic (exact) mass is 203 g/mol. The lowest BCUT2D eigenvalue weighted by molar-refractivity contribution is 0.141. The van der Waals surface area contributed by atoms with E-state index >= 15 is 0 Å². The molecule has 1 aromatic carbocycles. The lowest BCUT2D eigenvalue weighted by atomic mass is 9.94. The number of nitriles is 1. The van der Waals surface area contributed by atoms with Gasteiger partial charge >= 0.3 is 0 Å². The highest BCUT2D eigenvalue weighted by molar-refractivity contribution is 5.22. The van der Waals surface area contributed by atoms with Crippen molar-refractivity contribution in [2.24, 2.45) is 5.29 Å². The van der Waals surface area contributed by atoms with Gasteiger partial charge in [0.25, 0.3) is 0 Å². The van der Waals surface area contributed by atoms with Gasteiger partial charge < -0.3 is 0 Å². The summed E-state index contributed by atoms with van der Waals surface area (Å²) in [4.78, 5) is 10.6. The van der Waals surface area contributed by atoms with E-state index in [1.54, 1.807) is 0 Å². The predicted molar refractivity (Wildman–Crippen MR) is 57.6 cm³/mol. The number of rotatable bonds is 4. The highest BCUT2D eigenvalue weighted by Gasteiger charge is 2.28. The molecule has 0 aliphatic heterocycles. The van der Waals surface area contributed by atoms with E-state index in [4.69, 9.17) is 5.26 Å². The van der Waals surface area contributed by atoms with Gasteiger partial charge in [-0.2, -0.15) is 5.26 Å². The Labute approximate surface area is 89.1 Å². The molecule has 4 nitrogen and oxygen atoms in total. The van der Waals surface area contributed by atoms with Gasteiger partial charge in [0.2, 0.25) is 0 Å². The molecule has 0 unspecified atom stereocenters. The fourth-order valence-corrected chi connectivity index (χ4v) is 1.39. The van der Waals surface area contributed by atoms with Gasteiger partial charge in [-0.1, -0.05) is 30.3 Å². The summed E-state index contributed by atoms with van der Waals surface area (Å²) in [7, 11) is 0. The van der Waals surface area contributed by atoms with E-state index in [1.807, 2.05) is 50.2 Å². The van der Waals surface area contributed by atoms with Gasteiger partial charge in [0.05, 0.1) is 16.9 Å². The topological polar surface area (TPSA) is 56.5 Å². The smallest absolute Gasteiger partial charge is 0.127 e. The third kappa shape index (κ3) is 2.32. The number of hydrogen-bond acceptors (Lipinski definition) is 3. The Balaban J connectivity index is 3.01. The maximum Gasteiger partial charge on any atom is 0.127 e. The second-order valence-corrected chi connectivity index (χ2v) is 3.72. The van der Waals surface area contributed by atoms with Crippen molar-refractivity contribution in [3.63, 3.8) is 0 Å². The molecule has 0 heterocycles. The van der Waals surface area contributed by atoms with Crippen LogP contribution in [0.2, 0.25) is 0 Å². The fourth-order valence-electron chi connectivity index (χ4n) is 1.39. The van der Waals surface area contributed by atoms with Crippen LogP contribution in [0.4, 0.5) is 0 Å². The molecule has 0 radical (unpaired) electrons. The van der Waals surface area contributed by atoms with Gasteiger partial charge in [-0.15, -0.1) is 4.91 Å². The molecular weight excluding hydrogens is 190 g/mol. The first kappa shape index (κ1) is 11.2. The largest absolute Gasteiger partial charge is 0.237 e. The van der Waals surface area contributed by atoms with Crippen LogP contribution >= 0.6 is 0 Å². The van der Waals surface area contributed by atoms with Crippen LogP contribution in [0.25, 0.3) is 0 Å². The van der Waals surface area contributed by atoms with Crippen molar-refractivity contribution in [2.75, 3.05) is 6.54 Å². The molecule has 0 bridgehead atoms. The molecule has 0 N–H and O–H groups in total. The molecule has 4 heteroatoms. The molecule has 0 saturated carbocycles. The highest BCUT2D eigenvalue weighted by atomic mass is 16.3. The van der Waals surface area contributed by atoms with Crippen molar-refractivity contribution >= 4 is 0 Å². The SMILES string of the molecule is CC(C)(c1ccccc1)N(CC#N)N=O. The summed E-state index contributed by atoms with van der Waals surface area (Å²) in [5.74, 6) is 0. The van der Waals surface area contributed by atoms with E-state index in [1.165, 1.54) is 5.01 Å². The zero-order valence-electron chi connectivity index (χ0n) is 8.84. The van der Waals surface area contributed by atoms with Crippen LogP contribution in [0.15, 0.2) is 35.6 Å². The van der Waals surface area contributed by atoms with Crippen LogP contribution in [0.5, 0.6) is 0 Å². The maximum atomic E-state index is 10.6. The quantitative estimate of drug-likeness (QED) is 0.429. The van der Waals surface area contributed by atoms with Gasteiger partial charge in [0.15, 0.2) is 0 Å². The number of hydrogen-bond donors (Lipinski definition) is 0. The van der Waals surface area contributed by atoms with Crippen molar-refractivity contribution in [3.05, 3.63) is 40.8 Å². The molecular formula is C11H13N3O. The summed E-state index contributed by atoms with van der Waals surface area (Å²) in [6.45, 7) is 3.72. The molecule has 0 fully saturated rings. The number of benzene rings is 1. The summed E-state index contributed by atoms with van der Waals surface area (Å²) < 4.78 is 0. The normalized spacial score (nSPS) is 10.5. The summed E-state index contributed by atoms with van der Waals surface area (Å²) >= 11 is 0. The van der Waals surface area contributed by atoms with Gasteiger partial charge in [-0.25, -0.2) is 5.01 Å². The second kappa shape index (κ2) is 4.56. The average molecular weight is 203 g/mol. The molecule has 15 heavy (non-hydrogen) atoms. The van der Waals surface area contributed by atoms with Crippen LogP contribution in [0.3, 0.4) is 0 Å². The van der Waals surface area contributed by atoms with E-state index < -0.39 is 5.54 Å². The standard InChI is InChI=1S/C11H13N3O/c1-11(2,14(13-15)9-8-12)10-6-4-3-5-7-10/h3-7H,9H2,1-2H3. The third-order valence-corrected chi connectivity index (χ3v) is 2.44. The first-order valence-electron chi connectivity index (χ1n) is 4.66. The van der Waals surface area contributed by atoms with E-state index in [2.05, 4.69) is 5.29 Å². The lowest BCUT2D eigenvalue weighted by Gasteiger charge is -2.32. The predicted octanol–water partition coefficient (Wildman–Crippen LogP) is 2.43. The molecule has 1 aromatic rings. The molecule has 78 valence electrons. The Hall–Kier alpha value is -1.89. The first-order chi connectivity index (χ1) is 7.12. The third-order valence-electron chi connectivity index (χ3n) is 2.44. The van der Waals surface area contributed by atoms with E-state index in [0.717, 1.165) is 5.56 Å². The minimum Gasteiger partial charge on any atom is -0.237 e. The Kier molecular flexibility index (Phi) is 3.40. The summed E-state index contributed by atoms with van der Waals surface area (Å²) in [6.07, 6.45) is 0. The van der Waals surface area contributed by atoms with Crippen LogP contribution in [0, 0.1) is 16.2 Å². The first-order valence-corrected chi connectivity index (χ1v) is 4.66. The molecule has 0 spiro atoms. The van der Waals surface area contributed by atoms with Crippen LogP contribution < -0.4 is 0 Å². The van der Waals surface area contributed by atoms with Crippen molar-refractivity contribution in [1.82, 2.24) is 5.01 Å². The Morgan fingerprint density at radius 2 is 2.00 bits per heavy atom. The average Bonchev–Trinajstić information content (AvgIpc) is 2.27. The Morgan fingerprint density at radius 3 is 2.47 bits per heavy atom. The Morgan fingerprint density at radius 1 is 1.40 bits per heavy atom. The van der Waals surface area contributed by atoms with Gasteiger partial charge in [-0.3, -0.25) is 0 Å². The maximum absolute atomic E-state index is 10.6. The molecule has 0 aliphatic rings. The summed E-state index contributed by atoms with van der Waals surface area (Å²) in [6, 6.07) is 11.4. The molecule has 0 atom stereocenters. The molecule has 1 rings (SSSR count). The summed E-state index contributed by atoms with van der Waals surface area (Å²) in [5.41, 5.74) is 0.401. The van der Waals surface area contributed by atoms with Crippen molar-refractivity contribution in [2.45, 2.75) is 19.4 Å². The zero-order chi connectivity index (χ0) is 11.3. The van der Waals surface area contributed by atoms with Crippen molar-refractivity contribution in [3.8, 4) is 6.07 Å². The minimum atomic E-state index is -0.557. The molecule has 0 aliphatic carbocycles. The lowest BCUT2D eigenvalue weighted by Crippen LogP contribution is -2.37. The minimum absolute atomic E-state index is 0.00854. The van der Waals surface area contributed by atoms with E-state index in [0.29, 0.717) is 0 Å². The van der Waals surface area contributed by atoms with Gasteiger partial charge in [0.1, 0.15) is 6.54 Å². The molecule has 0 amide bonds. The van der Waals surface area contributed by atoms with Gasteiger partial charge in [-0.05, 0) is 19.4 Å². The van der Waals surface area contributed by atoms with E-state index in [-0.39, 0.29) is 6.54 Å². The van der Waals surface area contributed by atoms with Crippen molar-refractivity contribution < 1.29 is 0 Å². The van der Waals surface area contributed by atoms with Crippen LogP contribution in [-0.4, -0.2) is 11.6 Å². The second-order valence-electron chi connectivity index (χ2n) is 3.72. The Bertz CT molecular complexity index is 367.